The first kappa shape index (κ1) is 11.6. The molecule has 0 bridgehead atoms. The normalized spacial score (nSPS) is 12.5. The summed E-state index contributed by atoms with van der Waals surface area (Å²) < 4.78 is 26.2. The molecule has 0 aliphatic carbocycles. The van der Waals surface area contributed by atoms with Crippen molar-refractivity contribution in [2.75, 3.05) is 0 Å². The van der Waals surface area contributed by atoms with Gasteiger partial charge in [0.15, 0.2) is 6.10 Å². The molecule has 1 unspecified atom stereocenters. The minimum Gasteiger partial charge on any atom is -0.479 e. The average molecular weight is 216 g/mol. The molecule has 0 spiro atoms. The number of hydrogen-bond acceptors (Lipinski definition) is 2. The fraction of sp³-hybridized carbons (Fsp3) is 0.300. The molecule has 1 rings (SSSR count). The number of aryl methyl sites for hydroxylation is 1. The van der Waals surface area contributed by atoms with Crippen LogP contribution in [-0.2, 0) is 11.2 Å². The van der Waals surface area contributed by atoms with Crippen molar-refractivity contribution in [3.05, 3.63) is 34.9 Å². The maximum atomic E-state index is 13.2. The zero-order valence-electron chi connectivity index (χ0n) is 8.00. The van der Waals surface area contributed by atoms with Gasteiger partial charge in [0.05, 0.1) is 0 Å². The van der Waals surface area contributed by atoms with Crippen LogP contribution in [0, 0.1) is 18.6 Å². The van der Waals surface area contributed by atoms with Crippen LogP contribution in [0.1, 0.15) is 11.1 Å². The predicted octanol–water partition coefficient (Wildman–Crippen LogP) is 1.26. The fourth-order valence-corrected chi connectivity index (χ4v) is 1.14. The van der Waals surface area contributed by atoms with E-state index in [0.717, 1.165) is 12.1 Å². The van der Waals surface area contributed by atoms with Gasteiger partial charge in [-0.25, -0.2) is 13.6 Å². The molecule has 0 saturated heterocycles. The van der Waals surface area contributed by atoms with E-state index in [-0.39, 0.29) is 11.1 Å². The second-order valence-corrected chi connectivity index (χ2v) is 3.25. The van der Waals surface area contributed by atoms with Crippen molar-refractivity contribution in [1.82, 2.24) is 0 Å². The lowest BCUT2D eigenvalue weighted by atomic mass is 10.0. The quantitative estimate of drug-likeness (QED) is 0.799. The van der Waals surface area contributed by atoms with E-state index in [2.05, 4.69) is 0 Å². The van der Waals surface area contributed by atoms with E-state index < -0.39 is 30.1 Å². The molecule has 0 amide bonds. The minimum absolute atomic E-state index is 0.140. The number of aliphatic carboxylic acids is 1. The van der Waals surface area contributed by atoms with Gasteiger partial charge in [0.2, 0.25) is 0 Å². The molecule has 1 atom stereocenters. The van der Waals surface area contributed by atoms with E-state index in [0.29, 0.717) is 0 Å². The highest BCUT2D eigenvalue weighted by Gasteiger charge is 2.17. The third-order valence-corrected chi connectivity index (χ3v) is 2.03. The lowest BCUT2D eigenvalue weighted by Gasteiger charge is -2.07. The maximum Gasteiger partial charge on any atom is 0.332 e. The van der Waals surface area contributed by atoms with Crippen LogP contribution < -0.4 is 0 Å². The summed E-state index contributed by atoms with van der Waals surface area (Å²) >= 11 is 0. The molecule has 3 nitrogen and oxygen atoms in total. The Morgan fingerprint density at radius 3 is 2.53 bits per heavy atom. The van der Waals surface area contributed by atoms with Gasteiger partial charge in [0.1, 0.15) is 11.6 Å². The van der Waals surface area contributed by atoms with Gasteiger partial charge in [-0.2, -0.15) is 0 Å². The highest BCUT2D eigenvalue weighted by molar-refractivity contribution is 5.72. The van der Waals surface area contributed by atoms with Gasteiger partial charge in [-0.1, -0.05) is 0 Å². The number of carbonyl (C=O) groups is 1. The summed E-state index contributed by atoms with van der Waals surface area (Å²) in [5.74, 6) is -2.80. The predicted molar refractivity (Wildman–Crippen MR) is 48.4 cm³/mol. The topological polar surface area (TPSA) is 57.5 Å². The molecule has 1 aromatic carbocycles. The first-order valence-corrected chi connectivity index (χ1v) is 4.27. The summed E-state index contributed by atoms with van der Waals surface area (Å²) in [6.45, 7) is 1.40. The van der Waals surface area contributed by atoms with E-state index in [4.69, 9.17) is 10.2 Å². The summed E-state index contributed by atoms with van der Waals surface area (Å²) in [5.41, 5.74) is -0.00550. The summed E-state index contributed by atoms with van der Waals surface area (Å²) in [7, 11) is 0. The SMILES string of the molecule is Cc1cc(F)c(CC(O)C(=O)O)cc1F. The van der Waals surface area contributed by atoms with Gasteiger partial charge in [-0.15, -0.1) is 0 Å². The Balaban J connectivity index is 2.95. The van der Waals surface area contributed by atoms with Crippen LogP contribution in [0.15, 0.2) is 12.1 Å². The van der Waals surface area contributed by atoms with E-state index in [1.54, 1.807) is 0 Å². The Hall–Kier alpha value is -1.49. The molecule has 0 fully saturated rings. The number of carboxylic acid groups (broad SMARTS) is 1. The van der Waals surface area contributed by atoms with Crippen molar-refractivity contribution >= 4 is 5.97 Å². The number of aliphatic hydroxyl groups is 1. The van der Waals surface area contributed by atoms with Crippen LogP contribution in [-0.4, -0.2) is 22.3 Å². The van der Waals surface area contributed by atoms with Gasteiger partial charge >= 0.3 is 5.97 Å². The molecular weight excluding hydrogens is 206 g/mol. The van der Waals surface area contributed by atoms with Crippen molar-refractivity contribution in [1.29, 1.82) is 0 Å². The van der Waals surface area contributed by atoms with Crippen LogP contribution in [0.4, 0.5) is 8.78 Å². The molecule has 0 aliphatic heterocycles. The smallest absolute Gasteiger partial charge is 0.332 e. The number of carboxylic acids is 1. The van der Waals surface area contributed by atoms with E-state index >= 15 is 0 Å². The number of rotatable bonds is 3. The lowest BCUT2D eigenvalue weighted by molar-refractivity contribution is -0.146. The Labute approximate surface area is 85.0 Å². The standard InChI is InChI=1S/C10H10F2O3/c1-5-2-8(12)6(3-7(5)11)4-9(13)10(14)15/h2-3,9,13H,4H2,1H3,(H,14,15). The third kappa shape index (κ3) is 2.73. The number of hydrogen-bond donors (Lipinski definition) is 2. The lowest BCUT2D eigenvalue weighted by Crippen LogP contribution is -2.22. The van der Waals surface area contributed by atoms with E-state index in [1.807, 2.05) is 0 Å². The van der Waals surface area contributed by atoms with Crippen molar-refractivity contribution in [3.63, 3.8) is 0 Å². The largest absolute Gasteiger partial charge is 0.479 e. The van der Waals surface area contributed by atoms with Gasteiger partial charge in [0, 0.05) is 6.42 Å². The molecule has 1 aromatic rings. The summed E-state index contributed by atoms with van der Waals surface area (Å²) in [6, 6.07) is 1.87. The molecule has 0 radical (unpaired) electrons. The Morgan fingerprint density at radius 1 is 1.40 bits per heavy atom. The van der Waals surface area contributed by atoms with E-state index in [9.17, 15) is 13.6 Å². The van der Waals surface area contributed by atoms with Crippen LogP contribution in [0.5, 0.6) is 0 Å². The average Bonchev–Trinajstić information content (AvgIpc) is 2.13. The zero-order chi connectivity index (χ0) is 11.6. The molecule has 5 heteroatoms. The Morgan fingerprint density at radius 2 is 2.00 bits per heavy atom. The maximum absolute atomic E-state index is 13.2. The van der Waals surface area contributed by atoms with Gasteiger partial charge < -0.3 is 10.2 Å². The van der Waals surface area contributed by atoms with Gasteiger partial charge in [-0.3, -0.25) is 0 Å². The minimum atomic E-state index is -1.72. The highest BCUT2D eigenvalue weighted by atomic mass is 19.1. The molecule has 0 aliphatic rings. The van der Waals surface area contributed by atoms with Gasteiger partial charge in [0.25, 0.3) is 0 Å². The molecule has 0 aromatic heterocycles. The van der Waals surface area contributed by atoms with Crippen molar-refractivity contribution in [2.45, 2.75) is 19.4 Å². The van der Waals surface area contributed by atoms with Gasteiger partial charge in [-0.05, 0) is 30.2 Å². The fourth-order valence-electron chi connectivity index (χ4n) is 1.14. The molecule has 2 N–H and O–H groups in total. The number of halogens is 2. The van der Waals surface area contributed by atoms with Crippen LogP contribution in [0.3, 0.4) is 0 Å². The van der Waals surface area contributed by atoms with Crippen molar-refractivity contribution in [3.8, 4) is 0 Å². The summed E-state index contributed by atoms with van der Waals surface area (Å²) in [6.07, 6.45) is -2.17. The number of aliphatic hydroxyl groups excluding tert-OH is 1. The molecule has 0 heterocycles. The van der Waals surface area contributed by atoms with Crippen molar-refractivity contribution in [2.24, 2.45) is 0 Å². The molecule has 82 valence electrons. The monoisotopic (exact) mass is 216 g/mol. The molecule has 0 saturated carbocycles. The van der Waals surface area contributed by atoms with Crippen LogP contribution in [0.2, 0.25) is 0 Å². The Bertz CT molecular complexity index is 390. The summed E-state index contributed by atoms with van der Waals surface area (Å²) in [5, 5.41) is 17.4. The highest BCUT2D eigenvalue weighted by Crippen LogP contribution is 2.15. The van der Waals surface area contributed by atoms with Crippen LogP contribution in [0.25, 0.3) is 0 Å². The first-order valence-electron chi connectivity index (χ1n) is 4.27. The third-order valence-electron chi connectivity index (χ3n) is 2.03. The molecular formula is C10H10F2O3. The van der Waals surface area contributed by atoms with Crippen molar-refractivity contribution < 1.29 is 23.8 Å². The molecule has 15 heavy (non-hydrogen) atoms. The first-order chi connectivity index (χ1) is 6.91. The van der Waals surface area contributed by atoms with Crippen LogP contribution >= 0.6 is 0 Å². The Kier molecular flexibility index (Phi) is 3.36. The number of benzene rings is 1. The van der Waals surface area contributed by atoms with E-state index in [1.165, 1.54) is 6.92 Å². The zero-order valence-corrected chi connectivity index (χ0v) is 8.00. The second-order valence-electron chi connectivity index (χ2n) is 3.25. The second kappa shape index (κ2) is 4.35. The summed E-state index contributed by atoms with van der Waals surface area (Å²) in [4.78, 5) is 10.3.